The van der Waals surface area contributed by atoms with Crippen molar-refractivity contribution in [2.45, 2.75) is 4.90 Å². The first kappa shape index (κ1) is 20.0. The molecule has 0 radical (unpaired) electrons. The molecule has 110 valence electrons. The average molecular weight is 431 g/mol. The summed E-state index contributed by atoms with van der Waals surface area (Å²) in [5.41, 5.74) is 0.0115. The number of sulfonamides is 1. The summed E-state index contributed by atoms with van der Waals surface area (Å²) in [6, 6.07) is 9.82. The van der Waals surface area contributed by atoms with Crippen LogP contribution < -0.4 is 29.6 Å². The Morgan fingerprint density at radius 3 is 2.18 bits per heavy atom. The number of hydrogen-bond acceptors (Lipinski definition) is 3. The molecule has 0 atom stereocenters. The smallest absolute Gasteiger partial charge is 0.538 e. The van der Waals surface area contributed by atoms with Gasteiger partial charge in [0.1, 0.15) is 10.0 Å². The number of amides is 1. The Labute approximate surface area is 168 Å². The minimum Gasteiger partial charge on any atom is -0.538 e. The second-order valence-electron chi connectivity index (χ2n) is 3.95. The zero-order chi connectivity index (χ0) is 15.6. The molecule has 0 heterocycles. The first-order valence-corrected chi connectivity index (χ1v) is 8.51. The van der Waals surface area contributed by atoms with Gasteiger partial charge in [-0.2, -0.15) is 0 Å². The Kier molecular flexibility index (Phi) is 7.39. The van der Waals surface area contributed by atoms with E-state index in [1.54, 1.807) is 6.07 Å². The predicted octanol–water partition coefficient (Wildman–Crippen LogP) is 1.66. The molecule has 0 aliphatic heterocycles. The van der Waals surface area contributed by atoms with Crippen LogP contribution in [0.5, 0.6) is 0 Å². The molecule has 9 heteroatoms. The van der Waals surface area contributed by atoms with E-state index in [4.69, 9.17) is 23.2 Å². The van der Waals surface area contributed by atoms with E-state index in [0.717, 1.165) is 0 Å². The number of halogens is 3. The van der Waals surface area contributed by atoms with E-state index in [1.165, 1.54) is 36.4 Å². The third-order valence-electron chi connectivity index (χ3n) is 2.48. The molecule has 0 spiro atoms. The Morgan fingerprint density at radius 2 is 1.64 bits per heavy atom. The molecular weight excluding hydrogens is 424 g/mol. The first-order chi connectivity index (χ1) is 9.79. The van der Waals surface area contributed by atoms with Gasteiger partial charge in [-0.05, 0) is 36.4 Å². The van der Waals surface area contributed by atoms with Gasteiger partial charge >= 0.3 is 29.6 Å². The van der Waals surface area contributed by atoms with E-state index < -0.39 is 15.9 Å². The molecule has 1 amide bonds. The second kappa shape index (κ2) is 8.15. The predicted molar refractivity (Wildman–Crippen MR) is 85.5 cm³/mol. The van der Waals surface area contributed by atoms with Gasteiger partial charge in [-0.15, -0.1) is 0 Å². The maximum atomic E-state index is 12.0. The van der Waals surface area contributed by atoms with Crippen LogP contribution in [0.25, 0.3) is 4.72 Å². The van der Waals surface area contributed by atoms with E-state index in [0.29, 0.717) is 9.50 Å². The van der Waals surface area contributed by atoms with Crippen LogP contribution >= 0.6 is 39.1 Å². The normalized spacial score (nSPS) is 10.7. The van der Waals surface area contributed by atoms with Gasteiger partial charge in [-0.25, -0.2) is 8.42 Å². The van der Waals surface area contributed by atoms with Gasteiger partial charge < -0.3 is 9.52 Å². The van der Waals surface area contributed by atoms with Gasteiger partial charge in [0, 0.05) is 15.1 Å². The molecule has 0 saturated carbocycles. The van der Waals surface area contributed by atoms with E-state index in [2.05, 4.69) is 20.7 Å². The van der Waals surface area contributed by atoms with Crippen molar-refractivity contribution in [3.63, 3.8) is 0 Å². The molecule has 0 aliphatic rings. The van der Waals surface area contributed by atoms with E-state index in [1.807, 2.05) is 0 Å². The fourth-order valence-electron chi connectivity index (χ4n) is 1.48. The SMILES string of the molecule is O=C([N-]S(=O)(=O)c1ccc(Cl)cc1)c1ccc(Br)cc1Cl.[Na+]. The summed E-state index contributed by atoms with van der Waals surface area (Å²) < 4.78 is 28.0. The minimum atomic E-state index is -4.10. The minimum absolute atomic E-state index is 0. The number of benzene rings is 2. The summed E-state index contributed by atoms with van der Waals surface area (Å²) in [6.45, 7) is 0. The molecule has 0 unspecified atom stereocenters. The van der Waals surface area contributed by atoms with Crippen LogP contribution in [-0.4, -0.2) is 14.3 Å². The number of rotatable bonds is 3. The molecule has 4 nitrogen and oxygen atoms in total. The molecule has 2 aromatic carbocycles. The van der Waals surface area contributed by atoms with Gasteiger partial charge in [-0.1, -0.05) is 45.2 Å². The summed E-state index contributed by atoms with van der Waals surface area (Å²) in [6.07, 6.45) is 0. The van der Waals surface area contributed by atoms with Crippen LogP contribution in [0.1, 0.15) is 10.4 Å². The standard InChI is InChI=1S/C13H8BrCl2NO3S.Na/c14-8-1-6-11(12(16)7-8)13(18)17-21(19,20)10-4-2-9(15)3-5-10;/h1-7H,(H,17,18);/q;+1/p-1. The Morgan fingerprint density at radius 1 is 1.05 bits per heavy atom. The molecule has 22 heavy (non-hydrogen) atoms. The maximum Gasteiger partial charge on any atom is 1.00 e. The first-order valence-electron chi connectivity index (χ1n) is 5.52. The van der Waals surface area contributed by atoms with Gasteiger partial charge in [0.2, 0.25) is 0 Å². The van der Waals surface area contributed by atoms with Crippen LogP contribution in [0.3, 0.4) is 0 Å². The topological polar surface area (TPSA) is 65.3 Å². The van der Waals surface area contributed by atoms with Crippen LogP contribution in [0.4, 0.5) is 0 Å². The average Bonchev–Trinajstić information content (AvgIpc) is 2.38. The van der Waals surface area contributed by atoms with Gasteiger partial charge in [0.15, 0.2) is 0 Å². The van der Waals surface area contributed by atoms with Gasteiger partial charge in [-0.3, -0.25) is 0 Å². The number of carbonyl (C=O) groups is 1. The van der Waals surface area contributed by atoms with Crippen LogP contribution in [0.2, 0.25) is 10.0 Å². The molecule has 0 aromatic heterocycles. The number of carbonyl (C=O) groups excluding carboxylic acids is 1. The van der Waals surface area contributed by atoms with Crippen molar-refractivity contribution in [1.82, 2.24) is 0 Å². The van der Waals surface area contributed by atoms with Crippen LogP contribution in [-0.2, 0) is 10.0 Å². The summed E-state index contributed by atoms with van der Waals surface area (Å²) in [7, 11) is -4.10. The molecule has 0 saturated heterocycles. The third kappa shape index (κ3) is 4.96. The molecular formula is C13H7BrCl2NNaO3S. The summed E-state index contributed by atoms with van der Waals surface area (Å²) in [4.78, 5) is 11.8. The monoisotopic (exact) mass is 429 g/mol. The van der Waals surface area contributed by atoms with Gasteiger partial charge in [0.25, 0.3) is 0 Å². The fourth-order valence-corrected chi connectivity index (χ4v) is 3.26. The summed E-state index contributed by atoms with van der Waals surface area (Å²) in [5, 5.41) is 0.501. The number of hydrogen-bond donors (Lipinski definition) is 0. The Hall–Kier alpha value is -0.0800. The van der Waals surface area contributed by atoms with Crippen molar-refractivity contribution in [2.24, 2.45) is 0 Å². The fraction of sp³-hybridized carbons (Fsp3) is 0. The summed E-state index contributed by atoms with van der Waals surface area (Å²) in [5.74, 6) is -0.928. The zero-order valence-corrected chi connectivity index (χ0v) is 17.2. The number of nitrogens with zero attached hydrogens (tertiary/aromatic N) is 1. The van der Waals surface area contributed by atoms with E-state index in [-0.39, 0.29) is 45.0 Å². The third-order valence-corrected chi connectivity index (χ3v) is 4.81. The largest absolute Gasteiger partial charge is 1.00 e. The van der Waals surface area contributed by atoms with Crippen molar-refractivity contribution in [1.29, 1.82) is 0 Å². The Bertz CT molecular complexity index is 797. The second-order valence-corrected chi connectivity index (χ2v) is 7.31. The van der Waals surface area contributed by atoms with E-state index in [9.17, 15) is 13.2 Å². The van der Waals surface area contributed by atoms with Crippen molar-refractivity contribution in [2.75, 3.05) is 0 Å². The Balaban J connectivity index is 0.00000242. The molecule has 0 bridgehead atoms. The van der Waals surface area contributed by atoms with E-state index >= 15 is 0 Å². The summed E-state index contributed by atoms with van der Waals surface area (Å²) >= 11 is 14.8. The van der Waals surface area contributed by atoms with Crippen LogP contribution in [0.15, 0.2) is 51.8 Å². The maximum absolute atomic E-state index is 12.0. The molecule has 2 rings (SSSR count). The van der Waals surface area contributed by atoms with Crippen molar-refractivity contribution < 1.29 is 42.8 Å². The molecule has 0 N–H and O–H groups in total. The molecule has 0 fully saturated rings. The van der Waals surface area contributed by atoms with Gasteiger partial charge in [0.05, 0.1) is 15.8 Å². The zero-order valence-electron chi connectivity index (χ0n) is 11.3. The molecule has 0 aliphatic carbocycles. The van der Waals surface area contributed by atoms with Crippen molar-refractivity contribution >= 4 is 55.1 Å². The molecule has 2 aromatic rings. The van der Waals surface area contributed by atoms with Crippen molar-refractivity contribution in [3.05, 3.63) is 67.3 Å². The van der Waals surface area contributed by atoms with Crippen LogP contribution in [0, 0.1) is 0 Å². The van der Waals surface area contributed by atoms with Crippen molar-refractivity contribution in [3.8, 4) is 0 Å². The quantitative estimate of drug-likeness (QED) is 0.695.